The summed E-state index contributed by atoms with van der Waals surface area (Å²) in [6.45, 7) is 9.56. The molecule has 7 heteroatoms. The zero-order valence-electron chi connectivity index (χ0n) is 14.8. The first kappa shape index (κ1) is 22.1. The summed E-state index contributed by atoms with van der Waals surface area (Å²) in [6.07, 6.45) is 2.06. The molecule has 1 atom stereocenters. The van der Waals surface area contributed by atoms with Gasteiger partial charge in [0.1, 0.15) is 0 Å². The van der Waals surface area contributed by atoms with Gasteiger partial charge < -0.3 is 20.3 Å². The van der Waals surface area contributed by atoms with Crippen LogP contribution in [-0.4, -0.2) is 63.2 Å². The van der Waals surface area contributed by atoms with Crippen molar-refractivity contribution in [3.8, 4) is 0 Å². The van der Waals surface area contributed by atoms with Crippen molar-refractivity contribution in [2.45, 2.75) is 33.6 Å². The van der Waals surface area contributed by atoms with E-state index >= 15 is 0 Å². The molecule has 1 aliphatic rings. The fourth-order valence-corrected chi connectivity index (χ4v) is 2.44. The van der Waals surface area contributed by atoms with Gasteiger partial charge in [-0.1, -0.05) is 20.8 Å². The Balaban J connectivity index is 0.00000484. The summed E-state index contributed by atoms with van der Waals surface area (Å²) in [7, 11) is 1.64. The molecule has 1 saturated heterocycles. The minimum absolute atomic E-state index is 0. The zero-order valence-corrected chi connectivity index (χ0v) is 15.6. The molecule has 1 fully saturated rings. The molecular weight excluding hydrogens is 318 g/mol. The lowest BCUT2D eigenvalue weighted by Crippen LogP contribution is -2.47. The van der Waals surface area contributed by atoms with E-state index in [0.29, 0.717) is 32.2 Å². The SMILES string of the molecule is COCCNCC(=O)N1CCCC(CNC(=O)C(C)(C)C)C1.Cl. The summed E-state index contributed by atoms with van der Waals surface area (Å²) >= 11 is 0. The third kappa shape index (κ3) is 8.53. The minimum atomic E-state index is -0.366. The monoisotopic (exact) mass is 349 g/mol. The van der Waals surface area contributed by atoms with Crippen LogP contribution in [0.3, 0.4) is 0 Å². The Morgan fingerprint density at radius 3 is 2.61 bits per heavy atom. The van der Waals surface area contributed by atoms with Crippen LogP contribution >= 0.6 is 12.4 Å². The molecule has 0 aromatic carbocycles. The number of nitrogens with zero attached hydrogens (tertiary/aromatic N) is 1. The molecule has 1 rings (SSSR count). The number of halogens is 1. The van der Waals surface area contributed by atoms with Crippen LogP contribution in [0.2, 0.25) is 0 Å². The molecule has 23 heavy (non-hydrogen) atoms. The van der Waals surface area contributed by atoms with E-state index in [-0.39, 0.29) is 29.6 Å². The maximum absolute atomic E-state index is 12.1. The van der Waals surface area contributed by atoms with Crippen LogP contribution in [0.5, 0.6) is 0 Å². The molecule has 6 nitrogen and oxygen atoms in total. The Bertz CT molecular complexity index is 372. The number of hydrogen-bond donors (Lipinski definition) is 2. The van der Waals surface area contributed by atoms with Crippen molar-refractivity contribution in [3.63, 3.8) is 0 Å². The first-order valence-corrected chi connectivity index (χ1v) is 8.10. The fraction of sp³-hybridized carbons (Fsp3) is 0.875. The molecule has 2 N–H and O–H groups in total. The van der Waals surface area contributed by atoms with Crippen molar-refractivity contribution < 1.29 is 14.3 Å². The Morgan fingerprint density at radius 2 is 2.00 bits per heavy atom. The van der Waals surface area contributed by atoms with Gasteiger partial charge in [0.2, 0.25) is 11.8 Å². The van der Waals surface area contributed by atoms with Crippen LogP contribution in [0.4, 0.5) is 0 Å². The van der Waals surface area contributed by atoms with Crippen LogP contribution in [0.15, 0.2) is 0 Å². The van der Waals surface area contributed by atoms with Gasteiger partial charge in [-0.25, -0.2) is 0 Å². The van der Waals surface area contributed by atoms with Gasteiger partial charge in [0.25, 0.3) is 0 Å². The molecule has 0 radical (unpaired) electrons. The highest BCUT2D eigenvalue weighted by Gasteiger charge is 2.26. The molecule has 0 aliphatic carbocycles. The van der Waals surface area contributed by atoms with Crippen LogP contribution in [0.25, 0.3) is 0 Å². The Kier molecular flexibility index (Phi) is 10.4. The summed E-state index contributed by atoms with van der Waals surface area (Å²) in [4.78, 5) is 26.0. The number of carbonyl (C=O) groups is 2. The number of piperidine rings is 1. The molecule has 0 spiro atoms. The quantitative estimate of drug-likeness (QED) is 0.674. The van der Waals surface area contributed by atoms with Gasteiger partial charge in [-0.2, -0.15) is 0 Å². The average Bonchev–Trinajstić information content (AvgIpc) is 2.48. The molecular formula is C16H32ClN3O3. The Hall–Kier alpha value is -0.850. The molecule has 1 aliphatic heterocycles. The first-order valence-electron chi connectivity index (χ1n) is 8.10. The number of hydrogen-bond acceptors (Lipinski definition) is 4. The lowest BCUT2D eigenvalue weighted by Gasteiger charge is -2.33. The third-order valence-corrected chi connectivity index (χ3v) is 3.86. The van der Waals surface area contributed by atoms with E-state index in [9.17, 15) is 9.59 Å². The number of carbonyl (C=O) groups excluding carboxylic acids is 2. The molecule has 2 amide bonds. The van der Waals surface area contributed by atoms with Crippen LogP contribution in [0.1, 0.15) is 33.6 Å². The normalized spacial score (nSPS) is 18.3. The maximum Gasteiger partial charge on any atom is 0.236 e. The van der Waals surface area contributed by atoms with Crippen molar-refractivity contribution in [1.82, 2.24) is 15.5 Å². The summed E-state index contributed by atoms with van der Waals surface area (Å²) in [5, 5.41) is 6.09. The second-order valence-corrected chi connectivity index (χ2v) is 6.98. The molecule has 0 saturated carbocycles. The predicted molar refractivity (Wildman–Crippen MR) is 93.8 cm³/mol. The van der Waals surface area contributed by atoms with Crippen molar-refractivity contribution in [3.05, 3.63) is 0 Å². The summed E-state index contributed by atoms with van der Waals surface area (Å²) in [5.74, 6) is 0.545. The summed E-state index contributed by atoms with van der Waals surface area (Å²) < 4.78 is 4.94. The van der Waals surface area contributed by atoms with Crippen molar-refractivity contribution in [2.75, 3.05) is 46.4 Å². The van der Waals surface area contributed by atoms with Crippen LogP contribution < -0.4 is 10.6 Å². The molecule has 1 heterocycles. The summed E-state index contributed by atoms with van der Waals surface area (Å²) in [6, 6.07) is 0. The smallest absolute Gasteiger partial charge is 0.236 e. The molecule has 0 bridgehead atoms. The summed E-state index contributed by atoms with van der Waals surface area (Å²) in [5.41, 5.74) is -0.366. The van der Waals surface area contributed by atoms with Crippen LogP contribution in [-0.2, 0) is 14.3 Å². The van der Waals surface area contributed by atoms with E-state index in [0.717, 1.165) is 25.9 Å². The van der Waals surface area contributed by atoms with E-state index in [1.807, 2.05) is 25.7 Å². The highest BCUT2D eigenvalue weighted by Crippen LogP contribution is 2.17. The van der Waals surface area contributed by atoms with Gasteiger partial charge in [0.05, 0.1) is 13.2 Å². The van der Waals surface area contributed by atoms with Gasteiger partial charge in [-0.3, -0.25) is 9.59 Å². The number of likely N-dealkylation sites (tertiary alicyclic amines) is 1. The maximum atomic E-state index is 12.1. The lowest BCUT2D eigenvalue weighted by atomic mass is 9.94. The molecule has 1 unspecified atom stereocenters. The van der Waals surface area contributed by atoms with E-state index in [4.69, 9.17) is 4.74 Å². The van der Waals surface area contributed by atoms with Gasteiger partial charge >= 0.3 is 0 Å². The van der Waals surface area contributed by atoms with E-state index < -0.39 is 0 Å². The van der Waals surface area contributed by atoms with Crippen LogP contribution in [0, 0.1) is 11.3 Å². The standard InChI is InChI=1S/C16H31N3O3.ClH/c1-16(2,3)15(21)18-10-13-6-5-8-19(12-13)14(20)11-17-7-9-22-4;/h13,17H,5-12H2,1-4H3,(H,18,21);1H. The Labute approximate surface area is 146 Å². The second kappa shape index (κ2) is 10.8. The van der Waals surface area contributed by atoms with Gasteiger partial charge in [0.15, 0.2) is 0 Å². The van der Waals surface area contributed by atoms with E-state index in [2.05, 4.69) is 10.6 Å². The zero-order chi connectivity index (χ0) is 16.6. The molecule has 0 aromatic heterocycles. The first-order chi connectivity index (χ1) is 10.3. The number of nitrogens with one attached hydrogen (secondary N) is 2. The van der Waals surface area contributed by atoms with Gasteiger partial charge in [-0.15, -0.1) is 12.4 Å². The average molecular weight is 350 g/mol. The number of amides is 2. The van der Waals surface area contributed by atoms with Gasteiger partial charge in [-0.05, 0) is 18.8 Å². The number of ether oxygens (including phenoxy) is 1. The van der Waals surface area contributed by atoms with E-state index in [1.165, 1.54) is 0 Å². The highest BCUT2D eigenvalue weighted by atomic mass is 35.5. The van der Waals surface area contributed by atoms with Crippen molar-refractivity contribution in [1.29, 1.82) is 0 Å². The fourth-order valence-electron chi connectivity index (χ4n) is 2.44. The molecule has 0 aromatic rings. The van der Waals surface area contributed by atoms with Gasteiger partial charge in [0, 0.05) is 38.7 Å². The Morgan fingerprint density at radius 1 is 1.30 bits per heavy atom. The second-order valence-electron chi connectivity index (χ2n) is 6.98. The minimum Gasteiger partial charge on any atom is -0.383 e. The predicted octanol–water partition coefficient (Wildman–Crippen LogP) is 1.05. The topological polar surface area (TPSA) is 70.7 Å². The highest BCUT2D eigenvalue weighted by molar-refractivity contribution is 5.85. The lowest BCUT2D eigenvalue weighted by molar-refractivity contribution is -0.132. The third-order valence-electron chi connectivity index (χ3n) is 3.86. The largest absolute Gasteiger partial charge is 0.383 e. The molecule has 136 valence electrons. The van der Waals surface area contributed by atoms with Crippen molar-refractivity contribution in [2.24, 2.45) is 11.3 Å². The number of methoxy groups -OCH3 is 1. The van der Waals surface area contributed by atoms with E-state index in [1.54, 1.807) is 7.11 Å². The number of rotatable bonds is 7. The van der Waals surface area contributed by atoms with Crippen molar-refractivity contribution >= 4 is 24.2 Å².